The molecule has 2 rings (SSSR count). The lowest BCUT2D eigenvalue weighted by Gasteiger charge is -2.14. The van der Waals surface area contributed by atoms with Gasteiger partial charge in [0.05, 0.1) is 21.3 Å². The molecule has 7 heteroatoms. The van der Waals surface area contributed by atoms with Crippen LogP contribution in [0, 0.1) is 5.82 Å². The average molecular weight is 379 g/mol. The number of halogens is 1. The number of nitrogens with one attached hydrogen (secondary N) is 1. The normalized spacial score (nSPS) is 10.3. The van der Waals surface area contributed by atoms with Gasteiger partial charge in [0, 0.05) is 35.2 Å². The predicted octanol–water partition coefficient (Wildman–Crippen LogP) is 3.65. The Bertz CT molecular complexity index is 737. The first-order chi connectivity index (χ1) is 12.6. The van der Waals surface area contributed by atoms with Crippen LogP contribution in [0.5, 0.6) is 17.2 Å². The molecule has 2 aromatic rings. The number of hydrogen-bond donors (Lipinski definition) is 1. The molecule has 5 nitrogen and oxygen atoms in total. The molecule has 0 aromatic heterocycles. The van der Waals surface area contributed by atoms with Gasteiger partial charge in [0.25, 0.3) is 0 Å². The summed E-state index contributed by atoms with van der Waals surface area (Å²) in [6.45, 7) is 0.323. The van der Waals surface area contributed by atoms with E-state index >= 15 is 0 Å². The standard InChI is InChI=1S/C19H22FNO4S/c1-23-16-11-18(25-3)17(24-2)10-13(16)12-21-19(22)8-9-26-15-6-4-14(20)5-7-15/h4-7,10-11H,8-9,12H2,1-3H3,(H,21,22). The van der Waals surface area contributed by atoms with Crippen molar-refractivity contribution >= 4 is 17.7 Å². The number of carbonyl (C=O) groups excluding carboxylic acids is 1. The third-order valence-corrected chi connectivity index (χ3v) is 4.69. The zero-order chi connectivity index (χ0) is 18.9. The Kier molecular flexibility index (Phi) is 7.59. The first kappa shape index (κ1) is 19.9. The molecule has 0 spiro atoms. The maximum absolute atomic E-state index is 12.9. The summed E-state index contributed by atoms with van der Waals surface area (Å²) in [5, 5.41) is 2.87. The first-order valence-corrected chi connectivity index (χ1v) is 9.00. The van der Waals surface area contributed by atoms with Crippen LogP contribution < -0.4 is 19.5 Å². The van der Waals surface area contributed by atoms with Gasteiger partial charge < -0.3 is 19.5 Å². The van der Waals surface area contributed by atoms with E-state index < -0.39 is 0 Å². The highest BCUT2D eigenvalue weighted by Gasteiger charge is 2.12. The van der Waals surface area contributed by atoms with Crippen molar-refractivity contribution < 1.29 is 23.4 Å². The number of ether oxygens (including phenoxy) is 3. The number of thioether (sulfide) groups is 1. The van der Waals surface area contributed by atoms with Crippen molar-refractivity contribution in [3.8, 4) is 17.2 Å². The number of amides is 1. The van der Waals surface area contributed by atoms with Crippen molar-refractivity contribution in [2.24, 2.45) is 0 Å². The second-order valence-corrected chi connectivity index (χ2v) is 6.52. The number of rotatable bonds is 9. The SMILES string of the molecule is COc1cc(OC)c(OC)cc1CNC(=O)CCSc1ccc(F)cc1. The van der Waals surface area contributed by atoms with Gasteiger partial charge in [0.15, 0.2) is 11.5 Å². The van der Waals surface area contributed by atoms with Gasteiger partial charge in [-0.2, -0.15) is 0 Å². The summed E-state index contributed by atoms with van der Waals surface area (Å²) in [7, 11) is 4.67. The van der Waals surface area contributed by atoms with Gasteiger partial charge in [-0.05, 0) is 30.3 Å². The molecule has 2 aromatic carbocycles. The van der Waals surface area contributed by atoms with Crippen LogP contribution in [-0.4, -0.2) is 33.0 Å². The van der Waals surface area contributed by atoms with E-state index in [4.69, 9.17) is 14.2 Å². The van der Waals surface area contributed by atoms with E-state index in [-0.39, 0.29) is 11.7 Å². The van der Waals surface area contributed by atoms with Crippen molar-refractivity contribution in [3.63, 3.8) is 0 Å². The smallest absolute Gasteiger partial charge is 0.221 e. The Labute approximate surface area is 156 Å². The van der Waals surface area contributed by atoms with E-state index in [0.717, 1.165) is 10.5 Å². The van der Waals surface area contributed by atoms with Crippen molar-refractivity contribution in [2.75, 3.05) is 27.1 Å². The van der Waals surface area contributed by atoms with Crippen LogP contribution in [-0.2, 0) is 11.3 Å². The lowest BCUT2D eigenvalue weighted by atomic mass is 10.1. The molecule has 0 unspecified atom stereocenters. The molecule has 0 fully saturated rings. The second-order valence-electron chi connectivity index (χ2n) is 5.35. The van der Waals surface area contributed by atoms with Gasteiger partial charge in [0.1, 0.15) is 11.6 Å². The van der Waals surface area contributed by atoms with Gasteiger partial charge in [-0.15, -0.1) is 11.8 Å². The van der Waals surface area contributed by atoms with Crippen LogP contribution in [0.15, 0.2) is 41.3 Å². The molecule has 0 saturated carbocycles. The third-order valence-electron chi connectivity index (χ3n) is 3.67. The minimum atomic E-state index is -0.268. The summed E-state index contributed by atoms with van der Waals surface area (Å²) in [4.78, 5) is 13.0. The molecule has 0 aliphatic carbocycles. The Balaban J connectivity index is 1.87. The zero-order valence-corrected chi connectivity index (χ0v) is 15.8. The Hall–Kier alpha value is -2.41. The Morgan fingerprint density at radius 1 is 1.00 bits per heavy atom. The van der Waals surface area contributed by atoms with Crippen LogP contribution in [0.1, 0.15) is 12.0 Å². The maximum Gasteiger partial charge on any atom is 0.221 e. The molecule has 140 valence electrons. The van der Waals surface area contributed by atoms with E-state index in [2.05, 4.69) is 5.32 Å². The van der Waals surface area contributed by atoms with E-state index in [1.807, 2.05) is 0 Å². The van der Waals surface area contributed by atoms with Crippen LogP contribution in [0.4, 0.5) is 4.39 Å². The molecule has 0 bridgehead atoms. The van der Waals surface area contributed by atoms with Gasteiger partial charge in [-0.3, -0.25) is 4.79 Å². The van der Waals surface area contributed by atoms with E-state index in [1.54, 1.807) is 45.6 Å². The Morgan fingerprint density at radius 2 is 1.62 bits per heavy atom. The Morgan fingerprint density at radius 3 is 2.23 bits per heavy atom. The lowest BCUT2D eigenvalue weighted by molar-refractivity contribution is -0.120. The monoisotopic (exact) mass is 379 g/mol. The summed E-state index contributed by atoms with van der Waals surface area (Å²) in [6.07, 6.45) is 0.359. The van der Waals surface area contributed by atoms with Gasteiger partial charge >= 0.3 is 0 Å². The first-order valence-electron chi connectivity index (χ1n) is 8.01. The van der Waals surface area contributed by atoms with Crippen molar-refractivity contribution in [1.29, 1.82) is 0 Å². The van der Waals surface area contributed by atoms with Crippen LogP contribution in [0.25, 0.3) is 0 Å². The molecular formula is C19H22FNO4S. The molecule has 0 aliphatic rings. The molecule has 26 heavy (non-hydrogen) atoms. The fourth-order valence-corrected chi connectivity index (χ4v) is 3.16. The highest BCUT2D eigenvalue weighted by Crippen LogP contribution is 2.34. The van der Waals surface area contributed by atoms with E-state index in [0.29, 0.717) is 36.0 Å². The fraction of sp³-hybridized carbons (Fsp3) is 0.316. The van der Waals surface area contributed by atoms with Crippen LogP contribution in [0.3, 0.4) is 0 Å². The molecule has 0 atom stereocenters. The minimum absolute atomic E-state index is 0.0727. The summed E-state index contributed by atoms with van der Waals surface area (Å²) >= 11 is 1.51. The quantitative estimate of drug-likeness (QED) is 0.674. The molecule has 0 radical (unpaired) electrons. The van der Waals surface area contributed by atoms with Gasteiger partial charge in [-0.25, -0.2) is 4.39 Å². The lowest BCUT2D eigenvalue weighted by Crippen LogP contribution is -2.23. The number of carbonyl (C=O) groups is 1. The highest BCUT2D eigenvalue weighted by molar-refractivity contribution is 7.99. The molecule has 1 amide bonds. The number of methoxy groups -OCH3 is 3. The number of hydrogen-bond acceptors (Lipinski definition) is 5. The minimum Gasteiger partial charge on any atom is -0.496 e. The molecule has 1 N–H and O–H groups in total. The van der Waals surface area contributed by atoms with Crippen molar-refractivity contribution in [3.05, 3.63) is 47.8 Å². The maximum atomic E-state index is 12.9. The fourth-order valence-electron chi connectivity index (χ4n) is 2.31. The van der Waals surface area contributed by atoms with Crippen LogP contribution >= 0.6 is 11.8 Å². The zero-order valence-electron chi connectivity index (χ0n) is 15.0. The van der Waals surface area contributed by atoms with E-state index in [9.17, 15) is 9.18 Å². The summed E-state index contributed by atoms with van der Waals surface area (Å²) in [6, 6.07) is 9.73. The van der Waals surface area contributed by atoms with Crippen molar-refractivity contribution in [1.82, 2.24) is 5.32 Å². The van der Waals surface area contributed by atoms with Crippen molar-refractivity contribution in [2.45, 2.75) is 17.9 Å². The largest absolute Gasteiger partial charge is 0.496 e. The summed E-state index contributed by atoms with van der Waals surface area (Å²) in [5.74, 6) is 2.02. The third kappa shape index (κ3) is 5.56. The molecule has 0 heterocycles. The molecule has 0 saturated heterocycles. The average Bonchev–Trinajstić information content (AvgIpc) is 2.67. The molecular weight excluding hydrogens is 357 g/mol. The molecule has 0 aliphatic heterocycles. The van der Waals surface area contributed by atoms with Gasteiger partial charge in [-0.1, -0.05) is 0 Å². The highest BCUT2D eigenvalue weighted by atomic mass is 32.2. The van der Waals surface area contributed by atoms with Gasteiger partial charge in [0.2, 0.25) is 5.91 Å². The van der Waals surface area contributed by atoms with Crippen LogP contribution in [0.2, 0.25) is 0 Å². The second kappa shape index (κ2) is 9.91. The summed E-state index contributed by atoms with van der Waals surface area (Å²) in [5.41, 5.74) is 0.796. The summed E-state index contributed by atoms with van der Waals surface area (Å²) < 4.78 is 28.7. The predicted molar refractivity (Wildman–Crippen MR) is 99.7 cm³/mol. The topological polar surface area (TPSA) is 56.8 Å². The van der Waals surface area contributed by atoms with E-state index in [1.165, 1.54) is 23.9 Å². The number of benzene rings is 2.